The summed E-state index contributed by atoms with van der Waals surface area (Å²) in [6.07, 6.45) is 1.10. The van der Waals surface area contributed by atoms with Gasteiger partial charge in [-0.3, -0.25) is 19.1 Å². The molecule has 2 heterocycles. The largest absolute Gasteiger partial charge is 0.462 e. The predicted octanol–water partition coefficient (Wildman–Crippen LogP) is 1.30. The van der Waals surface area contributed by atoms with Crippen LogP contribution < -0.4 is 5.56 Å². The molecule has 0 N–H and O–H groups in total. The highest BCUT2D eigenvalue weighted by molar-refractivity contribution is 5.77. The Bertz CT molecular complexity index is 818. The van der Waals surface area contributed by atoms with E-state index in [0.29, 0.717) is 23.6 Å². The summed E-state index contributed by atoms with van der Waals surface area (Å²) >= 11 is 0. The summed E-state index contributed by atoms with van der Waals surface area (Å²) in [5.74, 6) is 0.135. The van der Waals surface area contributed by atoms with Gasteiger partial charge in [0.05, 0.1) is 23.8 Å². The Morgan fingerprint density at radius 1 is 1.38 bits per heavy atom. The highest BCUT2D eigenvalue weighted by atomic mass is 16.6. The van der Waals surface area contributed by atoms with Crippen molar-refractivity contribution in [2.24, 2.45) is 5.92 Å². The number of hydrogen-bond acceptors (Lipinski definition) is 6. The van der Waals surface area contributed by atoms with Crippen LogP contribution in [-0.4, -0.2) is 59.4 Å². The number of carbonyl (C=O) groups excluding carboxylic acids is 1. The molecule has 7 nitrogen and oxygen atoms in total. The number of fused-ring (bicyclic) bond motifs is 1. The van der Waals surface area contributed by atoms with Gasteiger partial charge in [0, 0.05) is 19.6 Å². The van der Waals surface area contributed by atoms with Gasteiger partial charge in [0.1, 0.15) is 19.3 Å². The minimum atomic E-state index is -0.451. The summed E-state index contributed by atoms with van der Waals surface area (Å²) in [5, 5.41) is 0. The van der Waals surface area contributed by atoms with Crippen molar-refractivity contribution in [3.63, 3.8) is 0 Å². The Hall–Kier alpha value is -2.25. The molecular formula is C19H25N3O4. The van der Waals surface area contributed by atoms with Crippen LogP contribution in [0.15, 0.2) is 35.3 Å². The maximum Gasteiger partial charge on any atom is 0.326 e. The van der Waals surface area contributed by atoms with Gasteiger partial charge in [0.25, 0.3) is 5.56 Å². The van der Waals surface area contributed by atoms with Crippen LogP contribution in [0.25, 0.3) is 11.0 Å². The van der Waals surface area contributed by atoms with E-state index in [4.69, 9.17) is 9.47 Å². The van der Waals surface area contributed by atoms with Crippen molar-refractivity contribution in [3.05, 3.63) is 40.8 Å². The Labute approximate surface area is 152 Å². The second-order valence-corrected chi connectivity index (χ2v) is 7.00. The van der Waals surface area contributed by atoms with Crippen LogP contribution >= 0.6 is 0 Å². The number of hydrogen-bond donors (Lipinski definition) is 0. The van der Waals surface area contributed by atoms with Gasteiger partial charge >= 0.3 is 5.97 Å². The minimum Gasteiger partial charge on any atom is -0.462 e. The highest BCUT2D eigenvalue weighted by Crippen LogP contribution is 2.10. The third-order valence-electron chi connectivity index (χ3n) is 4.32. The van der Waals surface area contributed by atoms with Crippen LogP contribution in [0.2, 0.25) is 0 Å². The maximum atomic E-state index is 12.2. The fourth-order valence-corrected chi connectivity index (χ4v) is 3.20. The molecule has 0 spiro atoms. The zero-order chi connectivity index (χ0) is 18.5. The first-order valence-electron chi connectivity index (χ1n) is 8.97. The number of carbonyl (C=O) groups is 1. The second kappa shape index (κ2) is 8.42. The third-order valence-corrected chi connectivity index (χ3v) is 4.32. The minimum absolute atomic E-state index is 0.127. The quantitative estimate of drug-likeness (QED) is 0.724. The molecule has 1 atom stereocenters. The lowest BCUT2D eigenvalue weighted by molar-refractivity contribution is -0.151. The molecule has 140 valence electrons. The molecule has 0 aliphatic carbocycles. The number of morpholine rings is 1. The van der Waals surface area contributed by atoms with E-state index in [1.54, 1.807) is 12.1 Å². The van der Waals surface area contributed by atoms with Crippen LogP contribution in [0.5, 0.6) is 0 Å². The third kappa shape index (κ3) is 4.68. The van der Waals surface area contributed by atoms with Gasteiger partial charge in [-0.2, -0.15) is 0 Å². The van der Waals surface area contributed by atoms with E-state index in [2.05, 4.69) is 23.7 Å². The number of nitrogens with zero attached hydrogens (tertiary/aromatic N) is 3. The van der Waals surface area contributed by atoms with Gasteiger partial charge in [-0.15, -0.1) is 0 Å². The molecule has 2 aromatic rings. The van der Waals surface area contributed by atoms with E-state index in [1.807, 2.05) is 12.1 Å². The van der Waals surface area contributed by atoms with Gasteiger partial charge < -0.3 is 9.47 Å². The number of benzene rings is 1. The molecule has 7 heteroatoms. The van der Waals surface area contributed by atoms with Crippen molar-refractivity contribution in [1.29, 1.82) is 0 Å². The van der Waals surface area contributed by atoms with E-state index in [9.17, 15) is 9.59 Å². The monoisotopic (exact) mass is 359 g/mol. The molecule has 1 unspecified atom stereocenters. The van der Waals surface area contributed by atoms with E-state index in [0.717, 1.165) is 19.6 Å². The van der Waals surface area contributed by atoms with Crippen LogP contribution in [0.4, 0.5) is 0 Å². The van der Waals surface area contributed by atoms with Gasteiger partial charge in [-0.05, 0) is 18.1 Å². The molecule has 0 amide bonds. The summed E-state index contributed by atoms with van der Waals surface area (Å²) < 4.78 is 12.4. The van der Waals surface area contributed by atoms with Crippen molar-refractivity contribution in [3.8, 4) is 0 Å². The van der Waals surface area contributed by atoms with Gasteiger partial charge in [0.15, 0.2) is 0 Å². The topological polar surface area (TPSA) is 73.7 Å². The van der Waals surface area contributed by atoms with Crippen molar-refractivity contribution in [1.82, 2.24) is 14.5 Å². The molecule has 0 saturated carbocycles. The van der Waals surface area contributed by atoms with Gasteiger partial charge in [0.2, 0.25) is 0 Å². The molecule has 0 bridgehead atoms. The number of ether oxygens (including phenoxy) is 2. The Balaban J connectivity index is 1.58. The first-order valence-corrected chi connectivity index (χ1v) is 8.97. The van der Waals surface area contributed by atoms with Crippen LogP contribution in [0.1, 0.15) is 13.8 Å². The van der Waals surface area contributed by atoms with Crippen molar-refractivity contribution in [2.75, 3.05) is 32.8 Å². The molecule has 1 aromatic carbocycles. The zero-order valence-corrected chi connectivity index (χ0v) is 15.3. The smallest absolute Gasteiger partial charge is 0.326 e. The Morgan fingerprint density at radius 3 is 3.00 bits per heavy atom. The average molecular weight is 359 g/mol. The molecule has 26 heavy (non-hydrogen) atoms. The van der Waals surface area contributed by atoms with Gasteiger partial charge in [-0.25, -0.2) is 4.98 Å². The lowest BCUT2D eigenvalue weighted by atomic mass is 10.2. The highest BCUT2D eigenvalue weighted by Gasteiger charge is 2.22. The summed E-state index contributed by atoms with van der Waals surface area (Å²) in [5.41, 5.74) is 0.964. The lowest BCUT2D eigenvalue weighted by Crippen LogP contribution is -2.46. The SMILES string of the molecule is CC(C)CN1CCOC(COC(=O)Cn2c(=O)cnc3ccccc32)C1. The molecular weight excluding hydrogens is 334 g/mol. The fourth-order valence-electron chi connectivity index (χ4n) is 3.20. The second-order valence-electron chi connectivity index (χ2n) is 7.00. The van der Waals surface area contributed by atoms with E-state index >= 15 is 0 Å². The van der Waals surface area contributed by atoms with E-state index < -0.39 is 5.97 Å². The summed E-state index contributed by atoms with van der Waals surface area (Å²) in [4.78, 5) is 30.7. The van der Waals surface area contributed by atoms with Crippen LogP contribution in [0, 0.1) is 5.92 Å². The van der Waals surface area contributed by atoms with Crippen molar-refractivity contribution in [2.45, 2.75) is 26.5 Å². The molecule has 1 aliphatic rings. The molecule has 1 saturated heterocycles. The maximum absolute atomic E-state index is 12.2. The average Bonchev–Trinajstić information content (AvgIpc) is 2.62. The van der Waals surface area contributed by atoms with Crippen LogP contribution in [0.3, 0.4) is 0 Å². The zero-order valence-electron chi connectivity index (χ0n) is 15.3. The van der Waals surface area contributed by atoms with E-state index in [1.165, 1.54) is 10.8 Å². The summed E-state index contributed by atoms with van der Waals surface area (Å²) in [6, 6.07) is 7.22. The van der Waals surface area contributed by atoms with Crippen LogP contribution in [-0.2, 0) is 20.8 Å². The molecule has 1 aromatic heterocycles. The fraction of sp³-hybridized carbons (Fsp3) is 0.526. The standard InChI is InChI=1S/C19H25N3O4/c1-14(2)10-21-7-8-25-15(11-21)13-26-19(24)12-22-17-6-4-3-5-16(17)20-9-18(22)23/h3-6,9,14-15H,7-8,10-13H2,1-2H3. The van der Waals surface area contributed by atoms with Crippen molar-refractivity contribution < 1.29 is 14.3 Å². The Kier molecular flexibility index (Phi) is 6.00. The summed E-state index contributed by atoms with van der Waals surface area (Å²) in [6.45, 7) is 7.73. The van der Waals surface area contributed by atoms with Gasteiger partial charge in [-0.1, -0.05) is 26.0 Å². The number of aromatic nitrogens is 2. The number of para-hydroxylation sites is 2. The molecule has 0 radical (unpaired) electrons. The number of rotatable bonds is 6. The molecule has 3 rings (SSSR count). The first kappa shape index (κ1) is 18.5. The van der Waals surface area contributed by atoms with Crippen molar-refractivity contribution >= 4 is 17.0 Å². The first-order chi connectivity index (χ1) is 12.5. The number of esters is 1. The van der Waals surface area contributed by atoms with E-state index in [-0.39, 0.29) is 24.8 Å². The molecule has 1 aliphatic heterocycles. The normalized spacial score (nSPS) is 18.3. The lowest BCUT2D eigenvalue weighted by Gasteiger charge is -2.33. The predicted molar refractivity (Wildman–Crippen MR) is 98.0 cm³/mol. The Morgan fingerprint density at radius 2 is 2.19 bits per heavy atom. The molecule has 1 fully saturated rings. The summed E-state index contributed by atoms with van der Waals surface area (Å²) in [7, 11) is 0.